The molecule has 0 unspecified atom stereocenters. The van der Waals surface area contributed by atoms with Gasteiger partial charge < -0.3 is 4.74 Å². The van der Waals surface area contributed by atoms with Crippen molar-refractivity contribution in [2.75, 3.05) is 0 Å². The van der Waals surface area contributed by atoms with E-state index in [0.29, 0.717) is 11.8 Å². The van der Waals surface area contributed by atoms with Gasteiger partial charge in [-0.05, 0) is 25.8 Å². The third kappa shape index (κ3) is 1.87. The fourth-order valence-electron chi connectivity index (χ4n) is 1.48. The Balaban J connectivity index is 2.40. The second-order valence-electron chi connectivity index (χ2n) is 4.43. The Morgan fingerprint density at radius 3 is 2.75 bits per heavy atom. The highest BCUT2D eigenvalue weighted by molar-refractivity contribution is 5.85. The monoisotopic (exact) mass is 219 g/mol. The number of fused-ring (bicyclic) bond motifs is 1. The van der Waals surface area contributed by atoms with Crippen LogP contribution in [0.15, 0.2) is 12.3 Å². The van der Waals surface area contributed by atoms with Crippen LogP contribution < -0.4 is 4.74 Å². The first-order chi connectivity index (χ1) is 7.59. The van der Waals surface area contributed by atoms with E-state index in [0.717, 1.165) is 16.6 Å². The second-order valence-corrected chi connectivity index (χ2v) is 4.43. The lowest BCUT2D eigenvalue weighted by Gasteiger charge is -2.17. The van der Waals surface area contributed by atoms with Gasteiger partial charge in [0.1, 0.15) is 0 Å². The predicted octanol–water partition coefficient (Wildman–Crippen LogP) is 2.69. The second kappa shape index (κ2) is 4.12. The molecule has 2 rings (SSSR count). The fraction of sp³-hybridized carbons (Fsp3) is 0.500. The zero-order valence-corrected chi connectivity index (χ0v) is 10.1. The fourth-order valence-corrected chi connectivity index (χ4v) is 1.48. The summed E-state index contributed by atoms with van der Waals surface area (Å²) in [6, 6.07) is 1.88. The van der Waals surface area contributed by atoms with Crippen molar-refractivity contribution in [3.63, 3.8) is 0 Å². The van der Waals surface area contributed by atoms with Crippen LogP contribution in [0.25, 0.3) is 10.9 Å². The maximum Gasteiger partial charge on any atom is 0.225 e. The minimum atomic E-state index is 0.146. The first-order valence-corrected chi connectivity index (χ1v) is 5.56. The quantitative estimate of drug-likeness (QED) is 0.863. The summed E-state index contributed by atoms with van der Waals surface area (Å²) in [4.78, 5) is 4.28. The van der Waals surface area contributed by atoms with Crippen molar-refractivity contribution in [1.29, 1.82) is 0 Å². The summed E-state index contributed by atoms with van der Waals surface area (Å²) in [5.41, 5.74) is 1.90. The number of hydrogen-bond acceptors (Lipinski definition) is 3. The molecule has 2 aromatic rings. The number of rotatable bonds is 3. The smallest absolute Gasteiger partial charge is 0.225 e. The Morgan fingerprint density at radius 1 is 1.31 bits per heavy atom. The summed E-state index contributed by atoms with van der Waals surface area (Å²) in [5, 5.41) is 8.12. The van der Waals surface area contributed by atoms with Gasteiger partial charge in [-0.25, -0.2) is 4.98 Å². The van der Waals surface area contributed by atoms with Crippen LogP contribution in [-0.4, -0.2) is 21.3 Å². The molecule has 2 heterocycles. The molecule has 16 heavy (non-hydrogen) atoms. The molecule has 0 amide bonds. The van der Waals surface area contributed by atoms with Crippen molar-refractivity contribution in [3.8, 4) is 5.88 Å². The summed E-state index contributed by atoms with van der Waals surface area (Å²) < 4.78 is 5.86. The van der Waals surface area contributed by atoms with E-state index in [2.05, 4.69) is 36.0 Å². The van der Waals surface area contributed by atoms with Gasteiger partial charge in [-0.15, -0.1) is 0 Å². The average molecular weight is 219 g/mol. The van der Waals surface area contributed by atoms with Crippen molar-refractivity contribution < 1.29 is 4.74 Å². The number of aryl methyl sites for hydroxylation is 1. The molecule has 2 aromatic heterocycles. The number of aromatic nitrogens is 3. The molecule has 0 saturated heterocycles. The van der Waals surface area contributed by atoms with Gasteiger partial charge in [0.2, 0.25) is 5.88 Å². The molecule has 0 fully saturated rings. The number of hydrogen-bond donors (Lipinski definition) is 1. The Labute approximate surface area is 95.0 Å². The van der Waals surface area contributed by atoms with E-state index in [-0.39, 0.29) is 6.10 Å². The average Bonchev–Trinajstić information content (AvgIpc) is 2.61. The minimum absolute atomic E-state index is 0.146. The van der Waals surface area contributed by atoms with Crippen LogP contribution in [-0.2, 0) is 0 Å². The summed E-state index contributed by atoms with van der Waals surface area (Å²) in [6.45, 7) is 8.30. The van der Waals surface area contributed by atoms with E-state index < -0.39 is 0 Å². The van der Waals surface area contributed by atoms with Crippen molar-refractivity contribution in [2.24, 2.45) is 5.92 Å². The van der Waals surface area contributed by atoms with Gasteiger partial charge in [0.25, 0.3) is 0 Å². The standard InChI is InChI=1S/C12H17N3O/c1-7(2)9(4)16-12-11-8(3)14-15-10(11)5-6-13-12/h5-7,9H,1-4H3,(H,14,15)/t9-/m1/s1. The first-order valence-electron chi connectivity index (χ1n) is 5.56. The first kappa shape index (κ1) is 10.9. The van der Waals surface area contributed by atoms with Crippen LogP contribution in [0.2, 0.25) is 0 Å². The van der Waals surface area contributed by atoms with Crippen LogP contribution in [0.3, 0.4) is 0 Å². The molecule has 1 atom stereocenters. The van der Waals surface area contributed by atoms with Crippen molar-refractivity contribution in [1.82, 2.24) is 15.2 Å². The molecule has 0 radical (unpaired) electrons. The van der Waals surface area contributed by atoms with Crippen molar-refractivity contribution in [2.45, 2.75) is 33.8 Å². The maximum atomic E-state index is 5.86. The largest absolute Gasteiger partial charge is 0.474 e. The van der Waals surface area contributed by atoms with Gasteiger partial charge >= 0.3 is 0 Å². The molecule has 4 nitrogen and oxygen atoms in total. The molecule has 4 heteroatoms. The molecule has 0 aliphatic heterocycles. The number of nitrogens with one attached hydrogen (secondary N) is 1. The Bertz CT molecular complexity index is 490. The molecule has 86 valence electrons. The molecule has 0 spiro atoms. The molecular formula is C12H17N3O. The number of nitrogens with zero attached hydrogens (tertiary/aromatic N) is 2. The summed E-state index contributed by atoms with van der Waals surface area (Å²) in [5.74, 6) is 1.13. The zero-order valence-electron chi connectivity index (χ0n) is 10.1. The number of aromatic amines is 1. The normalized spacial score (nSPS) is 13.3. The van der Waals surface area contributed by atoms with Crippen LogP contribution in [0.4, 0.5) is 0 Å². The third-order valence-electron chi connectivity index (χ3n) is 2.85. The van der Waals surface area contributed by atoms with Gasteiger partial charge in [-0.1, -0.05) is 13.8 Å². The Hall–Kier alpha value is -1.58. The molecule has 0 saturated carbocycles. The van der Waals surface area contributed by atoms with Gasteiger partial charge in [0.15, 0.2) is 0 Å². The number of ether oxygens (including phenoxy) is 1. The number of pyridine rings is 1. The zero-order chi connectivity index (χ0) is 11.7. The van der Waals surface area contributed by atoms with E-state index in [4.69, 9.17) is 4.74 Å². The third-order valence-corrected chi connectivity index (χ3v) is 2.85. The maximum absolute atomic E-state index is 5.86. The van der Waals surface area contributed by atoms with Crippen molar-refractivity contribution in [3.05, 3.63) is 18.0 Å². The molecule has 1 N–H and O–H groups in total. The lowest BCUT2D eigenvalue weighted by atomic mass is 10.1. The van der Waals surface area contributed by atoms with E-state index in [1.54, 1.807) is 6.20 Å². The topological polar surface area (TPSA) is 50.8 Å². The molecular weight excluding hydrogens is 202 g/mol. The molecule has 0 aromatic carbocycles. The molecule has 0 aliphatic rings. The van der Waals surface area contributed by atoms with E-state index >= 15 is 0 Å². The van der Waals surface area contributed by atoms with Crippen LogP contribution >= 0.6 is 0 Å². The summed E-state index contributed by atoms with van der Waals surface area (Å²) >= 11 is 0. The minimum Gasteiger partial charge on any atom is -0.474 e. The van der Waals surface area contributed by atoms with E-state index in [1.807, 2.05) is 13.0 Å². The van der Waals surface area contributed by atoms with Gasteiger partial charge in [-0.3, -0.25) is 5.10 Å². The molecule has 0 aliphatic carbocycles. The van der Waals surface area contributed by atoms with Gasteiger partial charge in [0.05, 0.1) is 17.0 Å². The predicted molar refractivity (Wildman–Crippen MR) is 63.6 cm³/mol. The van der Waals surface area contributed by atoms with Crippen LogP contribution in [0.5, 0.6) is 5.88 Å². The summed E-state index contributed by atoms with van der Waals surface area (Å²) in [7, 11) is 0. The van der Waals surface area contributed by atoms with E-state index in [1.165, 1.54) is 0 Å². The Morgan fingerprint density at radius 2 is 2.06 bits per heavy atom. The lowest BCUT2D eigenvalue weighted by Crippen LogP contribution is -2.19. The highest BCUT2D eigenvalue weighted by Crippen LogP contribution is 2.25. The van der Waals surface area contributed by atoms with Gasteiger partial charge in [0, 0.05) is 11.9 Å². The van der Waals surface area contributed by atoms with Crippen LogP contribution in [0, 0.1) is 12.8 Å². The highest BCUT2D eigenvalue weighted by atomic mass is 16.5. The van der Waals surface area contributed by atoms with Gasteiger partial charge in [-0.2, -0.15) is 5.10 Å². The lowest BCUT2D eigenvalue weighted by molar-refractivity contribution is 0.166. The van der Waals surface area contributed by atoms with E-state index in [9.17, 15) is 0 Å². The highest BCUT2D eigenvalue weighted by Gasteiger charge is 2.14. The van der Waals surface area contributed by atoms with Crippen molar-refractivity contribution >= 4 is 10.9 Å². The molecule has 0 bridgehead atoms. The van der Waals surface area contributed by atoms with Crippen LogP contribution in [0.1, 0.15) is 26.5 Å². The number of H-pyrrole nitrogens is 1. The Kier molecular flexibility index (Phi) is 2.81. The summed E-state index contributed by atoms with van der Waals surface area (Å²) in [6.07, 6.45) is 1.87. The SMILES string of the molecule is Cc1[nH]nc2ccnc(O[C@H](C)C(C)C)c12.